The van der Waals surface area contributed by atoms with Gasteiger partial charge in [-0.3, -0.25) is 0 Å². The van der Waals surface area contributed by atoms with Crippen LogP contribution in [0, 0.1) is 11.8 Å². The summed E-state index contributed by atoms with van der Waals surface area (Å²) in [5, 5.41) is 0. The molecule has 1 saturated heterocycles. The molecule has 0 spiro atoms. The van der Waals surface area contributed by atoms with E-state index >= 15 is 0 Å². The SMILES string of the molecule is C=C1C2CCC1COC2. The molecule has 1 aliphatic heterocycles. The van der Waals surface area contributed by atoms with Crippen molar-refractivity contribution in [2.75, 3.05) is 13.2 Å². The molecule has 0 N–H and O–H groups in total. The lowest BCUT2D eigenvalue weighted by molar-refractivity contribution is 0.0792. The predicted octanol–water partition coefficient (Wildman–Crippen LogP) is 1.60. The first-order valence-corrected chi connectivity index (χ1v) is 3.64. The zero-order chi connectivity index (χ0) is 6.27. The Labute approximate surface area is 55.7 Å². The van der Waals surface area contributed by atoms with Crippen LogP contribution in [0.3, 0.4) is 0 Å². The van der Waals surface area contributed by atoms with Gasteiger partial charge in [0.25, 0.3) is 0 Å². The van der Waals surface area contributed by atoms with Gasteiger partial charge in [-0.15, -0.1) is 0 Å². The second-order valence-electron chi connectivity index (χ2n) is 3.08. The highest BCUT2D eigenvalue weighted by Gasteiger charge is 2.32. The molecule has 2 rings (SSSR count). The predicted molar refractivity (Wildman–Crippen MR) is 36.2 cm³/mol. The molecule has 1 aliphatic carbocycles. The standard InChI is InChI=1S/C8H12O/c1-6-7-2-3-8(6)5-9-4-7/h7-8H,1-5H2. The molecule has 2 bridgehead atoms. The van der Waals surface area contributed by atoms with Crippen LogP contribution in [-0.2, 0) is 4.74 Å². The third-order valence-electron chi connectivity index (χ3n) is 2.55. The summed E-state index contributed by atoms with van der Waals surface area (Å²) in [6.45, 7) is 5.94. The largest absolute Gasteiger partial charge is 0.380 e. The van der Waals surface area contributed by atoms with Crippen molar-refractivity contribution in [2.24, 2.45) is 11.8 Å². The zero-order valence-corrected chi connectivity index (χ0v) is 5.60. The van der Waals surface area contributed by atoms with Crippen LogP contribution in [0.15, 0.2) is 12.2 Å². The molecule has 2 unspecified atom stereocenters. The maximum atomic E-state index is 5.37. The molecule has 0 aromatic carbocycles. The summed E-state index contributed by atoms with van der Waals surface area (Å²) >= 11 is 0. The van der Waals surface area contributed by atoms with Gasteiger partial charge in [-0.1, -0.05) is 12.2 Å². The van der Waals surface area contributed by atoms with Crippen LogP contribution in [0.1, 0.15) is 12.8 Å². The van der Waals surface area contributed by atoms with E-state index in [9.17, 15) is 0 Å². The molecule has 0 amide bonds. The highest BCUT2D eigenvalue weighted by Crippen LogP contribution is 2.38. The van der Waals surface area contributed by atoms with Gasteiger partial charge in [0.05, 0.1) is 13.2 Å². The highest BCUT2D eigenvalue weighted by molar-refractivity contribution is 5.13. The quantitative estimate of drug-likeness (QED) is 0.446. The van der Waals surface area contributed by atoms with E-state index in [0.717, 1.165) is 13.2 Å². The van der Waals surface area contributed by atoms with Crippen molar-refractivity contribution in [1.82, 2.24) is 0 Å². The third kappa shape index (κ3) is 0.715. The fraction of sp³-hybridized carbons (Fsp3) is 0.750. The Morgan fingerprint density at radius 3 is 2.22 bits per heavy atom. The van der Waals surface area contributed by atoms with Crippen LogP contribution in [0.2, 0.25) is 0 Å². The molecular formula is C8H12O. The van der Waals surface area contributed by atoms with Crippen molar-refractivity contribution in [3.8, 4) is 0 Å². The molecule has 1 saturated carbocycles. The molecule has 0 radical (unpaired) electrons. The minimum atomic E-state index is 0.712. The number of rotatable bonds is 0. The Hall–Kier alpha value is -0.300. The first-order valence-electron chi connectivity index (χ1n) is 3.64. The molecule has 0 aromatic rings. The van der Waals surface area contributed by atoms with Gasteiger partial charge in [-0.05, 0) is 12.8 Å². The van der Waals surface area contributed by atoms with Gasteiger partial charge in [0, 0.05) is 11.8 Å². The van der Waals surface area contributed by atoms with E-state index in [1.807, 2.05) is 0 Å². The maximum Gasteiger partial charge on any atom is 0.0531 e. The summed E-state index contributed by atoms with van der Waals surface area (Å²) in [4.78, 5) is 0. The van der Waals surface area contributed by atoms with E-state index < -0.39 is 0 Å². The van der Waals surface area contributed by atoms with Crippen molar-refractivity contribution in [2.45, 2.75) is 12.8 Å². The van der Waals surface area contributed by atoms with Crippen LogP contribution in [0.5, 0.6) is 0 Å². The summed E-state index contributed by atoms with van der Waals surface area (Å²) in [5.74, 6) is 1.42. The van der Waals surface area contributed by atoms with Gasteiger partial charge in [0.2, 0.25) is 0 Å². The van der Waals surface area contributed by atoms with Crippen LogP contribution >= 0.6 is 0 Å². The average molecular weight is 124 g/mol. The van der Waals surface area contributed by atoms with Crippen LogP contribution in [-0.4, -0.2) is 13.2 Å². The second kappa shape index (κ2) is 1.84. The number of ether oxygens (including phenoxy) is 1. The first kappa shape index (κ1) is 5.48. The molecule has 1 heteroatoms. The lowest BCUT2D eigenvalue weighted by atomic mass is 9.98. The van der Waals surface area contributed by atoms with Gasteiger partial charge >= 0.3 is 0 Å². The monoisotopic (exact) mass is 124 g/mol. The molecule has 2 fully saturated rings. The van der Waals surface area contributed by atoms with Gasteiger partial charge in [0.15, 0.2) is 0 Å². The lowest BCUT2D eigenvalue weighted by Crippen LogP contribution is -2.19. The molecule has 1 heterocycles. The van der Waals surface area contributed by atoms with E-state index in [1.165, 1.54) is 18.4 Å². The van der Waals surface area contributed by atoms with E-state index in [1.54, 1.807) is 0 Å². The van der Waals surface area contributed by atoms with Crippen LogP contribution in [0.25, 0.3) is 0 Å². The summed E-state index contributed by atoms with van der Waals surface area (Å²) < 4.78 is 5.37. The fourth-order valence-electron chi connectivity index (χ4n) is 1.84. The van der Waals surface area contributed by atoms with Crippen LogP contribution < -0.4 is 0 Å². The van der Waals surface area contributed by atoms with E-state index in [2.05, 4.69) is 6.58 Å². The Kier molecular flexibility index (Phi) is 1.12. The van der Waals surface area contributed by atoms with Crippen LogP contribution in [0.4, 0.5) is 0 Å². The summed E-state index contributed by atoms with van der Waals surface area (Å²) in [5.41, 5.74) is 1.46. The van der Waals surface area contributed by atoms with Crippen molar-refractivity contribution >= 4 is 0 Å². The van der Waals surface area contributed by atoms with Gasteiger partial charge in [-0.25, -0.2) is 0 Å². The van der Waals surface area contributed by atoms with E-state index in [0.29, 0.717) is 11.8 Å². The first-order chi connectivity index (χ1) is 4.38. The van der Waals surface area contributed by atoms with Crippen molar-refractivity contribution in [1.29, 1.82) is 0 Å². The number of fused-ring (bicyclic) bond motifs is 2. The second-order valence-corrected chi connectivity index (χ2v) is 3.08. The molecule has 2 aliphatic rings. The molecule has 9 heavy (non-hydrogen) atoms. The topological polar surface area (TPSA) is 9.23 Å². The molecule has 0 aromatic heterocycles. The maximum absolute atomic E-state index is 5.37. The molecular weight excluding hydrogens is 112 g/mol. The van der Waals surface area contributed by atoms with Gasteiger partial charge < -0.3 is 4.74 Å². The summed E-state index contributed by atoms with van der Waals surface area (Å²) in [7, 11) is 0. The van der Waals surface area contributed by atoms with E-state index in [-0.39, 0.29) is 0 Å². The number of hydrogen-bond acceptors (Lipinski definition) is 1. The summed E-state index contributed by atoms with van der Waals surface area (Å²) in [6.07, 6.45) is 2.65. The highest BCUT2D eigenvalue weighted by atomic mass is 16.5. The Morgan fingerprint density at radius 1 is 1.22 bits per heavy atom. The Bertz CT molecular complexity index is 122. The average Bonchev–Trinajstić information content (AvgIpc) is 2.19. The number of hydrogen-bond donors (Lipinski definition) is 0. The Balaban J connectivity index is 2.19. The lowest BCUT2D eigenvalue weighted by Gasteiger charge is -2.21. The normalized spacial score (nSPS) is 41.6. The molecule has 50 valence electrons. The third-order valence-corrected chi connectivity index (χ3v) is 2.55. The van der Waals surface area contributed by atoms with Crippen molar-refractivity contribution < 1.29 is 4.74 Å². The summed E-state index contributed by atoms with van der Waals surface area (Å²) in [6, 6.07) is 0. The smallest absolute Gasteiger partial charge is 0.0531 e. The van der Waals surface area contributed by atoms with E-state index in [4.69, 9.17) is 4.74 Å². The molecule has 2 atom stereocenters. The minimum absolute atomic E-state index is 0.712. The zero-order valence-electron chi connectivity index (χ0n) is 5.60. The van der Waals surface area contributed by atoms with Gasteiger partial charge in [-0.2, -0.15) is 0 Å². The molecule has 1 nitrogen and oxygen atoms in total. The van der Waals surface area contributed by atoms with Gasteiger partial charge in [0.1, 0.15) is 0 Å². The fourth-order valence-corrected chi connectivity index (χ4v) is 1.84. The van der Waals surface area contributed by atoms with Crippen molar-refractivity contribution in [3.05, 3.63) is 12.2 Å². The Morgan fingerprint density at radius 2 is 1.78 bits per heavy atom. The van der Waals surface area contributed by atoms with Crippen molar-refractivity contribution in [3.63, 3.8) is 0 Å². The minimum Gasteiger partial charge on any atom is -0.380 e.